The fourth-order valence-electron chi connectivity index (χ4n) is 15.5. The van der Waals surface area contributed by atoms with E-state index in [4.69, 9.17) is 18.9 Å². The molecular weight excluding hydrogens is 749 g/mol. The Balaban J connectivity index is 1.07. The molecule has 8 aliphatic carbocycles. The quantitative estimate of drug-likeness (QED) is 0.133. The van der Waals surface area contributed by atoms with Gasteiger partial charge in [-0.1, -0.05) is 52.7 Å². The Morgan fingerprint density at radius 3 is 1.32 bits per heavy atom. The van der Waals surface area contributed by atoms with Crippen molar-refractivity contribution in [1.82, 2.24) is 0 Å². The Kier molecular flexibility index (Phi) is 10.5. The van der Waals surface area contributed by atoms with Gasteiger partial charge < -0.3 is 18.9 Å². The molecule has 0 amide bonds. The van der Waals surface area contributed by atoms with Crippen LogP contribution in [-0.4, -0.2) is 58.9 Å². The van der Waals surface area contributed by atoms with Gasteiger partial charge in [0, 0.05) is 48.3 Å². The summed E-state index contributed by atoms with van der Waals surface area (Å²) < 4.78 is 25.7. The monoisotopic (exact) mass is 816 g/mol. The van der Waals surface area contributed by atoms with Gasteiger partial charge in [-0.05, 0) is 138 Å². The van der Waals surface area contributed by atoms with Gasteiger partial charge in [0.25, 0.3) is 0 Å². The van der Waals surface area contributed by atoms with Crippen LogP contribution in [0.1, 0.15) is 165 Å². The lowest BCUT2D eigenvalue weighted by Gasteiger charge is -2.61. The minimum absolute atomic E-state index is 0.0406. The predicted molar refractivity (Wildman–Crippen MR) is 218 cm³/mol. The molecule has 0 bridgehead atoms. The van der Waals surface area contributed by atoms with Crippen LogP contribution in [0.3, 0.4) is 0 Å². The van der Waals surface area contributed by atoms with E-state index < -0.39 is 52.6 Å². The van der Waals surface area contributed by atoms with E-state index in [9.17, 15) is 28.8 Å². The second-order valence-corrected chi connectivity index (χ2v) is 21.4. The average Bonchev–Trinajstić information content (AvgIpc) is 3.58. The lowest BCUT2D eigenvalue weighted by atomic mass is 9.45. The van der Waals surface area contributed by atoms with Gasteiger partial charge in [-0.3, -0.25) is 28.8 Å². The highest BCUT2D eigenvalue weighted by Gasteiger charge is 2.69. The molecule has 0 aromatic heterocycles. The maximum absolute atomic E-state index is 14.3. The molecule has 0 spiro atoms. The molecule has 6 fully saturated rings. The SMILES string of the molecule is CCC(=O)O[C@@]1(C)CC[C@H]2[C@@H]3CCC4=CC(=O)CC[C@]4(C)[C@H]3[C@H](OC(=O)CC(=O)O[C@@H]3C[C@@]4(C)[C@@H](CC[C@]4(C)OC(=O)CC)[C@@H]4CCC5=CC(=O)CC[C@]5(C)[C@H]43)C[C@@]21C. The molecule has 8 rings (SSSR count). The van der Waals surface area contributed by atoms with E-state index in [2.05, 4.69) is 27.7 Å². The summed E-state index contributed by atoms with van der Waals surface area (Å²) >= 11 is 0. The van der Waals surface area contributed by atoms with Crippen molar-refractivity contribution >= 4 is 35.4 Å². The van der Waals surface area contributed by atoms with E-state index in [1.165, 1.54) is 0 Å². The number of ketones is 2. The van der Waals surface area contributed by atoms with Crippen molar-refractivity contribution in [3.05, 3.63) is 23.3 Å². The number of allylic oxidation sites excluding steroid dienone is 2. The first-order chi connectivity index (χ1) is 27.7. The second-order valence-electron chi connectivity index (χ2n) is 21.4. The molecule has 0 heterocycles. The number of rotatable bonds is 8. The number of hydrogen-bond donors (Lipinski definition) is 0. The van der Waals surface area contributed by atoms with Crippen molar-refractivity contribution in [2.75, 3.05) is 0 Å². The summed E-state index contributed by atoms with van der Waals surface area (Å²) in [6.07, 6.45) is 12.5. The van der Waals surface area contributed by atoms with E-state index in [-0.39, 0.29) is 82.7 Å². The minimum Gasteiger partial charge on any atom is -0.462 e. The van der Waals surface area contributed by atoms with E-state index >= 15 is 0 Å². The Labute approximate surface area is 350 Å². The lowest BCUT2D eigenvalue weighted by Crippen LogP contribution is -2.61. The largest absolute Gasteiger partial charge is 0.462 e. The van der Waals surface area contributed by atoms with Crippen LogP contribution in [-0.2, 0) is 47.7 Å². The summed E-state index contributed by atoms with van der Waals surface area (Å²) in [4.78, 5) is 79.6. The zero-order valence-electron chi connectivity index (χ0n) is 36.9. The molecular formula is C49H68O10. The molecule has 6 saturated carbocycles. The standard InChI is InChI=1S/C49H68O10/c1-9-38(52)58-48(7)21-17-34-32-13-11-28-23-30(50)15-19-44(28,3)42(32)36(26-46(34,48)5)56-40(54)25-41(55)57-37-27-47(6)35(18-22-49(47,8)59-39(53)10-2)33-14-12-29-24-31(51)16-20-45(29,4)43(33)37/h23-24,32-37,42-43H,9-22,25-27H2,1-8H3/t32-,33-,34-,35-,36+,37+,42+,43+,44-,45-,46-,47-,48-,49-/m0/s1. The van der Waals surface area contributed by atoms with Crippen molar-refractivity contribution in [3.63, 3.8) is 0 Å². The van der Waals surface area contributed by atoms with Crippen LogP contribution in [0.5, 0.6) is 0 Å². The van der Waals surface area contributed by atoms with Crippen molar-refractivity contribution < 1.29 is 47.7 Å². The van der Waals surface area contributed by atoms with Gasteiger partial charge in [0.2, 0.25) is 0 Å². The molecule has 10 heteroatoms. The highest BCUT2D eigenvalue weighted by molar-refractivity contribution is 5.93. The third kappa shape index (κ3) is 6.52. The first-order valence-corrected chi connectivity index (χ1v) is 23.0. The van der Waals surface area contributed by atoms with E-state index in [0.29, 0.717) is 38.5 Å². The van der Waals surface area contributed by atoms with Gasteiger partial charge in [-0.25, -0.2) is 0 Å². The van der Waals surface area contributed by atoms with Gasteiger partial charge in [-0.15, -0.1) is 0 Å². The first-order valence-electron chi connectivity index (χ1n) is 23.0. The van der Waals surface area contributed by atoms with Gasteiger partial charge in [-0.2, -0.15) is 0 Å². The third-order valence-electron chi connectivity index (χ3n) is 18.9. The number of fused-ring (bicyclic) bond motifs is 10. The first kappa shape index (κ1) is 42.4. The molecule has 0 N–H and O–H groups in total. The summed E-state index contributed by atoms with van der Waals surface area (Å²) in [6.45, 7) is 16.6. The zero-order valence-corrected chi connectivity index (χ0v) is 36.9. The smallest absolute Gasteiger partial charge is 0.317 e. The number of hydrogen-bond acceptors (Lipinski definition) is 10. The van der Waals surface area contributed by atoms with Crippen molar-refractivity contribution in [2.24, 2.45) is 57.2 Å². The highest BCUT2D eigenvalue weighted by Crippen LogP contribution is 2.70. The lowest BCUT2D eigenvalue weighted by molar-refractivity contribution is -0.209. The molecule has 0 unspecified atom stereocenters. The fourth-order valence-corrected chi connectivity index (χ4v) is 15.5. The Morgan fingerprint density at radius 1 is 0.559 bits per heavy atom. The van der Waals surface area contributed by atoms with Crippen LogP contribution >= 0.6 is 0 Å². The maximum Gasteiger partial charge on any atom is 0.317 e. The molecule has 8 aliphatic rings. The fraction of sp³-hybridized carbons (Fsp3) is 0.796. The summed E-state index contributed by atoms with van der Waals surface area (Å²) in [7, 11) is 0. The number of carbonyl (C=O) groups excluding carboxylic acids is 6. The molecule has 324 valence electrons. The van der Waals surface area contributed by atoms with Crippen molar-refractivity contribution in [2.45, 2.75) is 188 Å². The molecule has 0 saturated heterocycles. The normalized spacial score (nSPS) is 45.8. The summed E-state index contributed by atoms with van der Waals surface area (Å²) in [5.74, 6) is -0.612. The molecule has 59 heavy (non-hydrogen) atoms. The summed E-state index contributed by atoms with van der Waals surface area (Å²) in [6, 6.07) is 0. The predicted octanol–water partition coefficient (Wildman–Crippen LogP) is 8.91. The Bertz CT molecular complexity index is 1750. The summed E-state index contributed by atoms with van der Waals surface area (Å²) in [5, 5.41) is 0. The van der Waals surface area contributed by atoms with Gasteiger partial charge in [0.05, 0.1) is 0 Å². The Morgan fingerprint density at radius 2 is 0.949 bits per heavy atom. The van der Waals surface area contributed by atoms with Gasteiger partial charge in [0.15, 0.2) is 11.6 Å². The van der Waals surface area contributed by atoms with E-state index in [0.717, 1.165) is 62.5 Å². The topological polar surface area (TPSA) is 139 Å². The zero-order chi connectivity index (χ0) is 42.5. The Hall–Kier alpha value is -3.30. The van der Waals surface area contributed by atoms with Crippen LogP contribution in [0, 0.1) is 57.2 Å². The molecule has 14 atom stereocenters. The molecule has 0 radical (unpaired) electrons. The second kappa shape index (κ2) is 14.7. The molecule has 0 aliphatic heterocycles. The van der Waals surface area contributed by atoms with Crippen molar-refractivity contribution in [3.8, 4) is 0 Å². The third-order valence-corrected chi connectivity index (χ3v) is 18.9. The van der Waals surface area contributed by atoms with Crippen LogP contribution in [0.15, 0.2) is 23.3 Å². The van der Waals surface area contributed by atoms with Crippen molar-refractivity contribution in [1.29, 1.82) is 0 Å². The average molecular weight is 817 g/mol. The van der Waals surface area contributed by atoms with E-state index in [1.807, 2.05) is 26.0 Å². The number of ether oxygens (including phenoxy) is 4. The minimum atomic E-state index is -0.725. The number of carbonyl (C=O) groups is 6. The highest BCUT2D eigenvalue weighted by atomic mass is 16.6. The van der Waals surface area contributed by atoms with Crippen LogP contribution in [0.4, 0.5) is 0 Å². The van der Waals surface area contributed by atoms with Crippen LogP contribution in [0.25, 0.3) is 0 Å². The number of esters is 4. The summed E-state index contributed by atoms with van der Waals surface area (Å²) in [5.41, 5.74) is -0.734. The molecule has 10 nitrogen and oxygen atoms in total. The van der Waals surface area contributed by atoms with Gasteiger partial charge >= 0.3 is 23.9 Å². The maximum atomic E-state index is 14.3. The molecule has 0 aromatic rings. The van der Waals surface area contributed by atoms with E-state index in [1.54, 1.807) is 13.8 Å². The van der Waals surface area contributed by atoms with Gasteiger partial charge in [0.1, 0.15) is 29.8 Å². The molecule has 0 aromatic carbocycles. The van der Waals surface area contributed by atoms with Crippen LogP contribution in [0.2, 0.25) is 0 Å². The van der Waals surface area contributed by atoms with Crippen LogP contribution < -0.4 is 0 Å².